The van der Waals surface area contributed by atoms with Crippen molar-refractivity contribution in [1.82, 2.24) is 20.0 Å². The Morgan fingerprint density at radius 2 is 2.18 bits per heavy atom. The molecule has 0 atom stereocenters. The maximum Gasteiger partial charge on any atom is 0.358 e. The maximum absolute atomic E-state index is 10.8. The molecule has 2 aromatic heterocycles. The number of aromatic nitrogens is 4. The fourth-order valence-electron chi connectivity index (χ4n) is 1.55. The Bertz CT molecular complexity index is 562. The first kappa shape index (κ1) is 11.3. The Morgan fingerprint density at radius 1 is 1.41 bits per heavy atom. The van der Waals surface area contributed by atoms with E-state index in [-0.39, 0.29) is 5.69 Å². The van der Waals surface area contributed by atoms with Gasteiger partial charge in [-0.15, -0.1) is 5.10 Å². The lowest BCUT2D eigenvalue weighted by Gasteiger charge is -2.03. The SMILES string of the molecule is Cc1cccc(Cn2nnc(C(=O)O)c2C)n1. The van der Waals surface area contributed by atoms with Gasteiger partial charge in [0.1, 0.15) is 0 Å². The molecular formula is C11H12N4O2. The molecule has 0 unspecified atom stereocenters. The smallest absolute Gasteiger partial charge is 0.358 e. The van der Waals surface area contributed by atoms with E-state index in [0.29, 0.717) is 12.2 Å². The number of aryl methyl sites for hydroxylation is 1. The van der Waals surface area contributed by atoms with Crippen LogP contribution in [0.1, 0.15) is 27.6 Å². The number of hydrogen-bond acceptors (Lipinski definition) is 4. The fourth-order valence-corrected chi connectivity index (χ4v) is 1.55. The minimum absolute atomic E-state index is 0.0161. The minimum Gasteiger partial charge on any atom is -0.476 e. The zero-order valence-electron chi connectivity index (χ0n) is 9.58. The number of aromatic carboxylic acids is 1. The highest BCUT2D eigenvalue weighted by Gasteiger charge is 2.15. The van der Waals surface area contributed by atoms with Crippen LogP contribution < -0.4 is 0 Å². The first-order valence-corrected chi connectivity index (χ1v) is 5.14. The zero-order chi connectivity index (χ0) is 12.4. The van der Waals surface area contributed by atoms with E-state index in [1.807, 2.05) is 25.1 Å². The molecule has 88 valence electrons. The summed E-state index contributed by atoms with van der Waals surface area (Å²) in [4.78, 5) is 15.1. The molecule has 0 aromatic carbocycles. The van der Waals surface area contributed by atoms with Gasteiger partial charge in [-0.2, -0.15) is 0 Å². The Hall–Kier alpha value is -2.24. The van der Waals surface area contributed by atoms with E-state index in [9.17, 15) is 4.79 Å². The van der Waals surface area contributed by atoms with Crippen LogP contribution in [0.15, 0.2) is 18.2 Å². The summed E-state index contributed by atoms with van der Waals surface area (Å²) in [5.41, 5.74) is 2.26. The summed E-state index contributed by atoms with van der Waals surface area (Å²) in [6.07, 6.45) is 0. The molecule has 0 amide bonds. The molecule has 6 nitrogen and oxygen atoms in total. The molecule has 6 heteroatoms. The van der Waals surface area contributed by atoms with Gasteiger partial charge in [0.25, 0.3) is 0 Å². The number of hydrogen-bond donors (Lipinski definition) is 1. The average Bonchev–Trinajstić information content (AvgIpc) is 2.61. The van der Waals surface area contributed by atoms with Crippen LogP contribution in [-0.4, -0.2) is 31.1 Å². The Labute approximate surface area is 97.9 Å². The highest BCUT2D eigenvalue weighted by Crippen LogP contribution is 2.06. The van der Waals surface area contributed by atoms with Crippen LogP contribution in [-0.2, 0) is 6.54 Å². The number of rotatable bonds is 3. The Kier molecular flexibility index (Phi) is 2.86. The van der Waals surface area contributed by atoms with Gasteiger partial charge in [-0.3, -0.25) is 4.98 Å². The maximum atomic E-state index is 10.8. The first-order chi connectivity index (χ1) is 8.08. The topological polar surface area (TPSA) is 80.9 Å². The normalized spacial score (nSPS) is 10.5. The molecule has 0 fully saturated rings. The molecule has 2 rings (SSSR count). The predicted octanol–water partition coefficient (Wildman–Crippen LogP) is 1.04. The number of carbonyl (C=O) groups is 1. The van der Waals surface area contributed by atoms with E-state index >= 15 is 0 Å². The van der Waals surface area contributed by atoms with Gasteiger partial charge in [0, 0.05) is 5.69 Å². The van der Waals surface area contributed by atoms with Crippen molar-refractivity contribution in [3.05, 3.63) is 41.0 Å². The van der Waals surface area contributed by atoms with Gasteiger partial charge in [-0.1, -0.05) is 11.3 Å². The highest BCUT2D eigenvalue weighted by molar-refractivity contribution is 5.86. The summed E-state index contributed by atoms with van der Waals surface area (Å²) in [6, 6.07) is 5.68. The first-order valence-electron chi connectivity index (χ1n) is 5.14. The second-order valence-corrected chi connectivity index (χ2v) is 3.76. The zero-order valence-corrected chi connectivity index (χ0v) is 9.58. The average molecular weight is 232 g/mol. The van der Waals surface area contributed by atoms with Gasteiger partial charge in [0.05, 0.1) is 17.9 Å². The summed E-state index contributed by atoms with van der Waals surface area (Å²) in [7, 11) is 0. The van der Waals surface area contributed by atoms with Gasteiger partial charge in [0.15, 0.2) is 5.69 Å². The third-order valence-electron chi connectivity index (χ3n) is 2.44. The number of nitrogens with zero attached hydrogens (tertiary/aromatic N) is 4. The third-order valence-corrected chi connectivity index (χ3v) is 2.44. The van der Waals surface area contributed by atoms with E-state index in [1.54, 1.807) is 6.92 Å². The lowest BCUT2D eigenvalue weighted by Crippen LogP contribution is -2.07. The van der Waals surface area contributed by atoms with E-state index < -0.39 is 5.97 Å². The summed E-state index contributed by atoms with van der Waals surface area (Å²) in [5.74, 6) is -1.06. The van der Waals surface area contributed by atoms with Crippen LogP contribution in [0.5, 0.6) is 0 Å². The van der Waals surface area contributed by atoms with Crippen LogP contribution in [0.25, 0.3) is 0 Å². The summed E-state index contributed by atoms with van der Waals surface area (Å²) < 4.78 is 1.53. The number of carboxylic acid groups (broad SMARTS) is 1. The summed E-state index contributed by atoms with van der Waals surface area (Å²) >= 11 is 0. The molecule has 0 saturated heterocycles. The van der Waals surface area contributed by atoms with Crippen LogP contribution >= 0.6 is 0 Å². The van der Waals surface area contributed by atoms with Gasteiger partial charge in [0.2, 0.25) is 0 Å². The molecule has 1 N–H and O–H groups in total. The van der Waals surface area contributed by atoms with E-state index in [0.717, 1.165) is 11.4 Å². The minimum atomic E-state index is -1.06. The Balaban J connectivity index is 2.28. The third kappa shape index (κ3) is 2.30. The van der Waals surface area contributed by atoms with Gasteiger partial charge >= 0.3 is 5.97 Å². The molecular weight excluding hydrogens is 220 g/mol. The van der Waals surface area contributed by atoms with Crippen LogP contribution in [0, 0.1) is 13.8 Å². The van der Waals surface area contributed by atoms with Crippen molar-refractivity contribution in [2.24, 2.45) is 0 Å². The summed E-state index contributed by atoms with van der Waals surface area (Å²) in [5, 5.41) is 16.3. The molecule has 0 spiro atoms. The lowest BCUT2D eigenvalue weighted by molar-refractivity contribution is 0.0689. The lowest BCUT2D eigenvalue weighted by atomic mass is 10.3. The van der Waals surface area contributed by atoms with Crippen LogP contribution in [0.2, 0.25) is 0 Å². The van der Waals surface area contributed by atoms with Crippen molar-refractivity contribution in [2.75, 3.05) is 0 Å². The second kappa shape index (κ2) is 4.32. The monoisotopic (exact) mass is 232 g/mol. The predicted molar refractivity (Wildman–Crippen MR) is 59.8 cm³/mol. The van der Waals surface area contributed by atoms with Gasteiger partial charge < -0.3 is 5.11 Å². The molecule has 2 aromatic rings. The fraction of sp³-hybridized carbons (Fsp3) is 0.273. The van der Waals surface area contributed by atoms with Crippen molar-refractivity contribution in [1.29, 1.82) is 0 Å². The molecule has 0 aliphatic carbocycles. The van der Waals surface area contributed by atoms with Crippen molar-refractivity contribution in [2.45, 2.75) is 20.4 Å². The van der Waals surface area contributed by atoms with E-state index in [2.05, 4.69) is 15.3 Å². The molecule has 17 heavy (non-hydrogen) atoms. The molecule has 0 aliphatic rings. The van der Waals surface area contributed by atoms with Crippen LogP contribution in [0.3, 0.4) is 0 Å². The van der Waals surface area contributed by atoms with E-state index in [1.165, 1.54) is 4.68 Å². The van der Waals surface area contributed by atoms with Crippen molar-refractivity contribution in [3.63, 3.8) is 0 Å². The van der Waals surface area contributed by atoms with Crippen molar-refractivity contribution < 1.29 is 9.90 Å². The largest absolute Gasteiger partial charge is 0.476 e. The molecule has 0 radical (unpaired) electrons. The standard InChI is InChI=1S/C11H12N4O2/c1-7-4-3-5-9(12-7)6-15-8(2)10(11(16)17)13-14-15/h3-5H,6H2,1-2H3,(H,16,17). The molecule has 2 heterocycles. The van der Waals surface area contributed by atoms with Crippen LogP contribution in [0.4, 0.5) is 0 Å². The van der Waals surface area contributed by atoms with Crippen molar-refractivity contribution in [3.8, 4) is 0 Å². The van der Waals surface area contributed by atoms with Gasteiger partial charge in [-0.05, 0) is 26.0 Å². The summed E-state index contributed by atoms with van der Waals surface area (Å²) in [6.45, 7) is 4.01. The highest BCUT2D eigenvalue weighted by atomic mass is 16.4. The molecule has 0 aliphatic heterocycles. The van der Waals surface area contributed by atoms with Gasteiger partial charge in [-0.25, -0.2) is 9.48 Å². The van der Waals surface area contributed by atoms with Crippen molar-refractivity contribution >= 4 is 5.97 Å². The molecule has 0 bridgehead atoms. The number of pyridine rings is 1. The number of carboxylic acids is 1. The van der Waals surface area contributed by atoms with E-state index in [4.69, 9.17) is 5.11 Å². The second-order valence-electron chi connectivity index (χ2n) is 3.76. The Morgan fingerprint density at radius 3 is 2.76 bits per heavy atom. The quantitative estimate of drug-likeness (QED) is 0.855. The molecule has 0 saturated carbocycles.